The molecule has 9 nitrogen and oxygen atoms in total. The van der Waals surface area contributed by atoms with Crippen LogP contribution >= 0.6 is 0 Å². The van der Waals surface area contributed by atoms with Gasteiger partial charge in [-0.1, -0.05) is 24.3 Å². The van der Waals surface area contributed by atoms with Gasteiger partial charge in [0, 0.05) is 11.8 Å². The van der Waals surface area contributed by atoms with Gasteiger partial charge in [-0.15, -0.1) is 0 Å². The monoisotopic (exact) mass is 398 g/mol. The van der Waals surface area contributed by atoms with Crippen molar-refractivity contribution in [3.63, 3.8) is 0 Å². The number of aryl methyl sites for hydroxylation is 1. The fraction of sp³-hybridized carbons (Fsp3) is 0.211. The number of imide groups is 1. The van der Waals surface area contributed by atoms with Gasteiger partial charge < -0.3 is 10.6 Å². The van der Waals surface area contributed by atoms with Gasteiger partial charge >= 0.3 is 11.7 Å². The zero-order valence-electron chi connectivity index (χ0n) is 15.0. The summed E-state index contributed by atoms with van der Waals surface area (Å²) in [6.45, 7) is -0.570. The second-order valence-electron chi connectivity index (χ2n) is 6.86. The second kappa shape index (κ2) is 6.66. The molecule has 0 saturated carbocycles. The number of fused-ring (bicyclic) bond motifs is 2. The molecular formula is C19H15FN4O5. The van der Waals surface area contributed by atoms with Crippen molar-refractivity contribution in [2.75, 3.05) is 11.9 Å². The first-order valence-electron chi connectivity index (χ1n) is 8.78. The molecule has 2 aromatic carbocycles. The van der Waals surface area contributed by atoms with Crippen LogP contribution in [0.3, 0.4) is 0 Å². The molecule has 2 N–H and O–H groups in total. The molecule has 10 heteroatoms. The Labute approximate surface area is 163 Å². The highest BCUT2D eigenvalue weighted by Gasteiger charge is 2.55. The maximum absolute atomic E-state index is 13.4. The van der Waals surface area contributed by atoms with E-state index in [0.717, 1.165) is 34.2 Å². The number of nitro benzene ring substituents is 1. The zero-order valence-corrected chi connectivity index (χ0v) is 15.0. The van der Waals surface area contributed by atoms with Crippen LogP contribution in [-0.2, 0) is 21.5 Å². The summed E-state index contributed by atoms with van der Waals surface area (Å²) in [7, 11) is 0. The number of halogens is 1. The largest absolute Gasteiger partial charge is 0.325 e. The molecule has 0 aromatic heterocycles. The van der Waals surface area contributed by atoms with E-state index in [1.807, 2.05) is 12.1 Å². The molecule has 1 unspecified atom stereocenters. The van der Waals surface area contributed by atoms with Gasteiger partial charge in [-0.3, -0.25) is 24.6 Å². The predicted molar refractivity (Wildman–Crippen MR) is 98.4 cm³/mol. The molecule has 1 spiro atoms. The number of rotatable bonds is 4. The molecular weight excluding hydrogens is 383 g/mol. The molecule has 0 radical (unpaired) electrons. The van der Waals surface area contributed by atoms with Crippen molar-refractivity contribution in [2.45, 2.75) is 18.4 Å². The SMILES string of the molecule is O=C(CN1C(=O)NC2(CCc3ccccc32)C1=O)Nc1ccc(F)c([N+](=O)[O-])c1. The van der Waals surface area contributed by atoms with E-state index in [1.165, 1.54) is 0 Å². The van der Waals surface area contributed by atoms with E-state index in [1.54, 1.807) is 12.1 Å². The summed E-state index contributed by atoms with van der Waals surface area (Å²) in [5.41, 5.74) is -0.306. The first-order chi connectivity index (χ1) is 13.8. The van der Waals surface area contributed by atoms with Crippen LogP contribution in [-0.4, -0.2) is 34.2 Å². The van der Waals surface area contributed by atoms with Crippen molar-refractivity contribution in [1.29, 1.82) is 0 Å². The lowest BCUT2D eigenvalue weighted by Gasteiger charge is -2.22. The lowest BCUT2D eigenvalue weighted by Crippen LogP contribution is -2.43. The zero-order chi connectivity index (χ0) is 20.8. The molecule has 1 atom stereocenters. The summed E-state index contributed by atoms with van der Waals surface area (Å²) >= 11 is 0. The summed E-state index contributed by atoms with van der Waals surface area (Å²) in [5, 5.41) is 15.9. The number of urea groups is 1. The van der Waals surface area contributed by atoms with E-state index < -0.39 is 46.4 Å². The minimum Gasteiger partial charge on any atom is -0.324 e. The van der Waals surface area contributed by atoms with Crippen LogP contribution < -0.4 is 10.6 Å². The van der Waals surface area contributed by atoms with Gasteiger partial charge in [0.15, 0.2) is 0 Å². The Balaban J connectivity index is 1.51. The molecule has 1 aliphatic heterocycles. The Morgan fingerprint density at radius 3 is 2.79 bits per heavy atom. The number of nitrogens with zero attached hydrogens (tertiary/aromatic N) is 2. The number of amides is 4. The smallest absolute Gasteiger partial charge is 0.324 e. The Morgan fingerprint density at radius 2 is 2.03 bits per heavy atom. The average molecular weight is 398 g/mol. The van der Waals surface area contributed by atoms with Crippen LogP contribution in [0.15, 0.2) is 42.5 Å². The van der Waals surface area contributed by atoms with E-state index in [2.05, 4.69) is 10.6 Å². The van der Waals surface area contributed by atoms with Gasteiger partial charge in [0.2, 0.25) is 11.7 Å². The third-order valence-corrected chi connectivity index (χ3v) is 5.15. The predicted octanol–water partition coefficient (Wildman–Crippen LogP) is 2.07. The van der Waals surface area contributed by atoms with Crippen LogP contribution in [0.5, 0.6) is 0 Å². The summed E-state index contributed by atoms with van der Waals surface area (Å²) in [4.78, 5) is 48.5. The van der Waals surface area contributed by atoms with Crippen molar-refractivity contribution < 1.29 is 23.7 Å². The van der Waals surface area contributed by atoms with E-state index in [4.69, 9.17) is 0 Å². The number of carbonyl (C=O) groups excluding carboxylic acids is 3. The maximum Gasteiger partial charge on any atom is 0.325 e. The van der Waals surface area contributed by atoms with E-state index in [9.17, 15) is 28.9 Å². The van der Waals surface area contributed by atoms with Crippen molar-refractivity contribution in [3.05, 3.63) is 69.5 Å². The minimum absolute atomic E-state index is 0.0175. The maximum atomic E-state index is 13.4. The molecule has 4 rings (SSSR count). The highest BCUT2D eigenvalue weighted by atomic mass is 19.1. The highest BCUT2D eigenvalue weighted by Crippen LogP contribution is 2.41. The first-order valence-corrected chi connectivity index (χ1v) is 8.78. The van der Waals surface area contributed by atoms with Gasteiger partial charge in [0.1, 0.15) is 12.1 Å². The van der Waals surface area contributed by atoms with Gasteiger partial charge in [0.25, 0.3) is 5.91 Å². The highest BCUT2D eigenvalue weighted by molar-refractivity contribution is 6.10. The normalized spacial score (nSPS) is 20.0. The fourth-order valence-electron chi connectivity index (χ4n) is 3.81. The molecule has 1 saturated heterocycles. The lowest BCUT2D eigenvalue weighted by atomic mass is 9.92. The van der Waals surface area contributed by atoms with Gasteiger partial charge in [0.05, 0.1) is 4.92 Å². The summed E-state index contributed by atoms with van der Waals surface area (Å²) in [5.74, 6) is -2.30. The summed E-state index contributed by atoms with van der Waals surface area (Å²) in [6.07, 6.45) is 1.03. The third kappa shape index (κ3) is 2.98. The van der Waals surface area contributed by atoms with E-state index >= 15 is 0 Å². The Kier molecular flexibility index (Phi) is 4.26. The molecule has 29 heavy (non-hydrogen) atoms. The molecule has 2 aliphatic rings. The van der Waals surface area contributed by atoms with Crippen molar-refractivity contribution >= 4 is 29.2 Å². The van der Waals surface area contributed by atoms with Crippen molar-refractivity contribution in [3.8, 4) is 0 Å². The standard InChI is InChI=1S/C19H15FN4O5/c20-14-6-5-12(9-15(14)24(28)29)21-16(25)10-23-17(26)19(22-18(23)27)8-7-11-3-1-2-4-13(11)19/h1-6,9H,7-8,10H2,(H,21,25)(H,22,27). The topological polar surface area (TPSA) is 122 Å². The van der Waals surface area contributed by atoms with E-state index in [-0.39, 0.29) is 5.69 Å². The van der Waals surface area contributed by atoms with Gasteiger partial charge in [-0.05, 0) is 36.1 Å². The van der Waals surface area contributed by atoms with Crippen LogP contribution in [0.2, 0.25) is 0 Å². The lowest BCUT2D eigenvalue weighted by molar-refractivity contribution is -0.387. The Morgan fingerprint density at radius 1 is 1.28 bits per heavy atom. The molecule has 4 amide bonds. The van der Waals surface area contributed by atoms with E-state index in [0.29, 0.717) is 12.8 Å². The number of hydrogen-bond acceptors (Lipinski definition) is 5. The Hall–Kier alpha value is -3.82. The first kappa shape index (κ1) is 18.5. The molecule has 2 aromatic rings. The molecule has 1 aliphatic carbocycles. The minimum atomic E-state index is -1.18. The number of hydrogen-bond donors (Lipinski definition) is 2. The molecule has 0 bridgehead atoms. The van der Waals surface area contributed by atoms with Crippen LogP contribution in [0.1, 0.15) is 17.5 Å². The second-order valence-corrected chi connectivity index (χ2v) is 6.86. The van der Waals surface area contributed by atoms with Gasteiger partial charge in [-0.2, -0.15) is 4.39 Å². The quantitative estimate of drug-likeness (QED) is 0.464. The van der Waals surface area contributed by atoms with Crippen LogP contribution in [0, 0.1) is 15.9 Å². The van der Waals surface area contributed by atoms with Crippen molar-refractivity contribution in [2.24, 2.45) is 0 Å². The summed E-state index contributed by atoms with van der Waals surface area (Å²) < 4.78 is 13.4. The molecule has 148 valence electrons. The van der Waals surface area contributed by atoms with Crippen LogP contribution in [0.25, 0.3) is 0 Å². The number of benzene rings is 2. The third-order valence-electron chi connectivity index (χ3n) is 5.15. The van der Waals surface area contributed by atoms with Crippen molar-refractivity contribution in [1.82, 2.24) is 10.2 Å². The number of anilines is 1. The average Bonchev–Trinajstić information content (AvgIpc) is 3.17. The Bertz CT molecular complexity index is 1070. The summed E-state index contributed by atoms with van der Waals surface area (Å²) in [6, 6.07) is 9.49. The number of nitrogens with one attached hydrogen (secondary N) is 2. The molecule has 1 fully saturated rings. The number of carbonyl (C=O) groups is 3. The van der Waals surface area contributed by atoms with Gasteiger partial charge in [-0.25, -0.2) is 4.79 Å². The van der Waals surface area contributed by atoms with Crippen LogP contribution in [0.4, 0.5) is 20.6 Å². The number of nitro groups is 1. The fourth-order valence-corrected chi connectivity index (χ4v) is 3.81. The molecule has 1 heterocycles.